The summed E-state index contributed by atoms with van der Waals surface area (Å²) >= 11 is 0. The minimum absolute atomic E-state index is 0.348. The van der Waals surface area contributed by atoms with Gasteiger partial charge >= 0.3 is 0 Å². The van der Waals surface area contributed by atoms with Gasteiger partial charge in [-0.25, -0.2) is 0 Å². The lowest BCUT2D eigenvalue weighted by molar-refractivity contribution is 0.409. The second-order valence-electron chi connectivity index (χ2n) is 5.80. The molecule has 0 radical (unpaired) electrons. The Kier molecular flexibility index (Phi) is 5.26. The van der Waals surface area contributed by atoms with Gasteiger partial charge in [-0.15, -0.1) is 0 Å². The topological polar surface area (TPSA) is 21.3 Å². The van der Waals surface area contributed by atoms with E-state index in [1.165, 1.54) is 16.8 Å². The minimum atomic E-state index is 0.348. The molecule has 0 aliphatic rings. The summed E-state index contributed by atoms with van der Waals surface area (Å²) in [6.07, 6.45) is 0.941. The van der Waals surface area contributed by atoms with Crippen molar-refractivity contribution in [2.45, 2.75) is 39.2 Å². The lowest BCUT2D eigenvalue weighted by Gasteiger charge is -2.20. The lowest BCUT2D eigenvalue weighted by Crippen LogP contribution is -2.19. The third kappa shape index (κ3) is 4.01. The van der Waals surface area contributed by atoms with Gasteiger partial charge in [-0.05, 0) is 42.5 Å². The molecule has 0 aromatic heterocycles. The van der Waals surface area contributed by atoms with Crippen LogP contribution in [0.15, 0.2) is 48.5 Å². The Labute approximate surface area is 128 Å². The molecule has 2 aromatic rings. The van der Waals surface area contributed by atoms with Gasteiger partial charge in [-0.1, -0.05) is 50.2 Å². The molecule has 2 rings (SSSR count). The summed E-state index contributed by atoms with van der Waals surface area (Å²) < 4.78 is 5.43. The fourth-order valence-corrected chi connectivity index (χ4v) is 2.65. The van der Waals surface area contributed by atoms with Gasteiger partial charge in [0, 0.05) is 11.7 Å². The van der Waals surface area contributed by atoms with Crippen LogP contribution in [0.2, 0.25) is 0 Å². The summed E-state index contributed by atoms with van der Waals surface area (Å²) in [5, 5.41) is 3.64. The van der Waals surface area contributed by atoms with Gasteiger partial charge in [0.25, 0.3) is 0 Å². The van der Waals surface area contributed by atoms with Crippen molar-refractivity contribution in [3.05, 3.63) is 59.7 Å². The fourth-order valence-electron chi connectivity index (χ4n) is 2.65. The highest BCUT2D eigenvalue weighted by atomic mass is 16.5. The molecule has 21 heavy (non-hydrogen) atoms. The quantitative estimate of drug-likeness (QED) is 0.817. The highest BCUT2D eigenvalue weighted by molar-refractivity contribution is 5.53. The molecule has 0 aliphatic carbocycles. The molecule has 112 valence electrons. The van der Waals surface area contributed by atoms with Crippen LogP contribution in [0.25, 0.3) is 0 Å². The largest absolute Gasteiger partial charge is 0.496 e. The molecule has 0 saturated carbocycles. The van der Waals surface area contributed by atoms with Crippen molar-refractivity contribution in [3.63, 3.8) is 0 Å². The average molecular weight is 283 g/mol. The van der Waals surface area contributed by atoms with Crippen LogP contribution in [0.1, 0.15) is 37.8 Å². The smallest absolute Gasteiger partial charge is 0.122 e. The lowest BCUT2D eigenvalue weighted by atomic mass is 10.00. The molecule has 0 heterocycles. The van der Waals surface area contributed by atoms with Crippen molar-refractivity contribution in [1.82, 2.24) is 0 Å². The number of nitrogens with one attached hydrogen (secondary N) is 1. The van der Waals surface area contributed by atoms with Crippen molar-refractivity contribution in [2.24, 2.45) is 0 Å². The van der Waals surface area contributed by atoms with Gasteiger partial charge < -0.3 is 10.1 Å². The van der Waals surface area contributed by atoms with Crippen molar-refractivity contribution < 1.29 is 4.74 Å². The molecule has 2 heteroatoms. The number of rotatable bonds is 6. The van der Waals surface area contributed by atoms with Crippen LogP contribution in [0.5, 0.6) is 5.75 Å². The van der Waals surface area contributed by atoms with Gasteiger partial charge in [0.05, 0.1) is 7.11 Å². The predicted molar refractivity (Wildman–Crippen MR) is 90.3 cm³/mol. The molecule has 1 unspecified atom stereocenters. The third-order valence-corrected chi connectivity index (χ3v) is 3.70. The van der Waals surface area contributed by atoms with E-state index >= 15 is 0 Å². The van der Waals surface area contributed by atoms with E-state index in [2.05, 4.69) is 62.5 Å². The van der Waals surface area contributed by atoms with Crippen LogP contribution in [-0.4, -0.2) is 13.2 Å². The van der Waals surface area contributed by atoms with E-state index < -0.39 is 0 Å². The second kappa shape index (κ2) is 7.16. The Morgan fingerprint density at radius 2 is 1.62 bits per heavy atom. The summed E-state index contributed by atoms with van der Waals surface area (Å²) in [5.41, 5.74) is 3.83. The summed E-state index contributed by atoms with van der Waals surface area (Å²) in [6, 6.07) is 17.1. The van der Waals surface area contributed by atoms with E-state index in [1.54, 1.807) is 7.11 Å². The number of hydrogen-bond donors (Lipinski definition) is 1. The molecule has 2 aromatic carbocycles. The molecular formula is C19H25NO. The molecular weight excluding hydrogens is 258 g/mol. The highest BCUT2D eigenvalue weighted by Crippen LogP contribution is 2.25. The minimum Gasteiger partial charge on any atom is -0.496 e. The van der Waals surface area contributed by atoms with Crippen LogP contribution in [-0.2, 0) is 6.42 Å². The summed E-state index contributed by atoms with van der Waals surface area (Å²) in [7, 11) is 1.73. The standard InChI is InChI=1S/C19H25NO/c1-14(2)17-10-6-7-11-18(17)20-15(3)13-16-9-5-8-12-19(16)21-4/h5-12,14-15,20H,13H2,1-4H3. The fraction of sp³-hybridized carbons (Fsp3) is 0.368. The Morgan fingerprint density at radius 3 is 2.33 bits per heavy atom. The summed E-state index contributed by atoms with van der Waals surface area (Å²) in [4.78, 5) is 0. The molecule has 0 spiro atoms. The first kappa shape index (κ1) is 15.4. The maximum absolute atomic E-state index is 5.43. The Balaban J connectivity index is 2.10. The SMILES string of the molecule is COc1ccccc1CC(C)Nc1ccccc1C(C)C. The van der Waals surface area contributed by atoms with E-state index in [-0.39, 0.29) is 0 Å². The molecule has 2 nitrogen and oxygen atoms in total. The maximum atomic E-state index is 5.43. The van der Waals surface area contributed by atoms with Gasteiger partial charge in [0.2, 0.25) is 0 Å². The number of para-hydroxylation sites is 2. The van der Waals surface area contributed by atoms with Crippen molar-refractivity contribution in [3.8, 4) is 5.75 Å². The zero-order valence-electron chi connectivity index (χ0n) is 13.4. The Bertz CT molecular complexity index is 577. The molecule has 0 fully saturated rings. The van der Waals surface area contributed by atoms with E-state index in [1.807, 2.05) is 12.1 Å². The highest BCUT2D eigenvalue weighted by Gasteiger charge is 2.11. The Hall–Kier alpha value is -1.96. The van der Waals surface area contributed by atoms with Crippen LogP contribution in [0, 0.1) is 0 Å². The van der Waals surface area contributed by atoms with Gasteiger partial charge in [0.1, 0.15) is 5.75 Å². The van der Waals surface area contributed by atoms with Crippen molar-refractivity contribution >= 4 is 5.69 Å². The van der Waals surface area contributed by atoms with E-state index in [4.69, 9.17) is 4.74 Å². The first-order chi connectivity index (χ1) is 10.1. The first-order valence-corrected chi connectivity index (χ1v) is 7.59. The molecule has 0 saturated heterocycles. The van der Waals surface area contributed by atoms with Gasteiger partial charge in [0.15, 0.2) is 0 Å². The molecule has 0 aliphatic heterocycles. The summed E-state index contributed by atoms with van der Waals surface area (Å²) in [6.45, 7) is 6.67. The normalized spacial score (nSPS) is 12.2. The number of methoxy groups -OCH3 is 1. The zero-order valence-corrected chi connectivity index (χ0v) is 13.4. The maximum Gasteiger partial charge on any atom is 0.122 e. The van der Waals surface area contributed by atoms with Crippen LogP contribution in [0.3, 0.4) is 0 Å². The van der Waals surface area contributed by atoms with Gasteiger partial charge in [-0.2, -0.15) is 0 Å². The summed E-state index contributed by atoms with van der Waals surface area (Å²) in [5.74, 6) is 1.48. The number of hydrogen-bond acceptors (Lipinski definition) is 2. The van der Waals surface area contributed by atoms with Crippen LogP contribution < -0.4 is 10.1 Å². The number of anilines is 1. The number of ether oxygens (including phenoxy) is 1. The molecule has 0 amide bonds. The molecule has 0 bridgehead atoms. The second-order valence-corrected chi connectivity index (χ2v) is 5.80. The van der Waals surface area contributed by atoms with Gasteiger partial charge in [-0.3, -0.25) is 0 Å². The van der Waals surface area contributed by atoms with Crippen LogP contribution >= 0.6 is 0 Å². The van der Waals surface area contributed by atoms with Crippen LogP contribution in [0.4, 0.5) is 5.69 Å². The monoisotopic (exact) mass is 283 g/mol. The molecule has 1 N–H and O–H groups in total. The molecule has 1 atom stereocenters. The van der Waals surface area contributed by atoms with E-state index in [9.17, 15) is 0 Å². The Morgan fingerprint density at radius 1 is 0.952 bits per heavy atom. The van der Waals surface area contributed by atoms with Crippen molar-refractivity contribution in [2.75, 3.05) is 12.4 Å². The van der Waals surface area contributed by atoms with Crippen molar-refractivity contribution in [1.29, 1.82) is 0 Å². The zero-order chi connectivity index (χ0) is 15.2. The number of benzene rings is 2. The van der Waals surface area contributed by atoms with E-state index in [0.29, 0.717) is 12.0 Å². The van der Waals surface area contributed by atoms with E-state index in [0.717, 1.165) is 12.2 Å². The predicted octanol–water partition coefficient (Wildman–Crippen LogP) is 4.86. The third-order valence-electron chi connectivity index (χ3n) is 3.70. The first-order valence-electron chi connectivity index (χ1n) is 7.59. The average Bonchev–Trinajstić information content (AvgIpc) is 2.48.